The largest absolute Gasteiger partial charge is 0.309 e. The maximum atomic E-state index is 13.8. The number of nitrogens with zero attached hydrogens (tertiary/aromatic N) is 3. The van der Waals surface area contributed by atoms with E-state index in [0.717, 1.165) is 37.2 Å². The zero-order chi connectivity index (χ0) is 19.2. The third kappa shape index (κ3) is 4.52. The van der Waals surface area contributed by atoms with Crippen molar-refractivity contribution < 1.29 is 9.18 Å². The predicted molar refractivity (Wildman–Crippen MR) is 106 cm³/mol. The highest BCUT2D eigenvalue weighted by atomic mass is 19.1. The number of carbonyl (C=O) groups is 1. The van der Waals surface area contributed by atoms with Gasteiger partial charge < -0.3 is 9.47 Å². The van der Waals surface area contributed by atoms with E-state index in [1.807, 2.05) is 28.8 Å². The van der Waals surface area contributed by atoms with Gasteiger partial charge in [0.05, 0.1) is 17.5 Å². The van der Waals surface area contributed by atoms with Crippen LogP contribution in [-0.2, 0) is 17.8 Å². The normalized spacial score (nSPS) is 11.3. The fourth-order valence-corrected chi connectivity index (χ4v) is 3.16. The van der Waals surface area contributed by atoms with E-state index in [-0.39, 0.29) is 18.1 Å². The minimum atomic E-state index is -0.373. The summed E-state index contributed by atoms with van der Waals surface area (Å²) in [6, 6.07) is 14.1. The molecule has 0 spiro atoms. The summed E-state index contributed by atoms with van der Waals surface area (Å²) in [5.74, 6) is -0.146. The molecule has 27 heavy (non-hydrogen) atoms. The molecular weight excluding hydrogens is 343 g/mol. The maximum Gasteiger partial charge on any atom is 0.231 e. The Labute approximate surface area is 158 Å². The summed E-state index contributed by atoms with van der Waals surface area (Å²) >= 11 is 0. The highest BCUT2D eigenvalue weighted by Gasteiger charge is 2.15. The van der Waals surface area contributed by atoms with Crippen LogP contribution >= 0.6 is 0 Å². The van der Waals surface area contributed by atoms with Crippen LogP contribution < -0.4 is 5.32 Å². The molecule has 0 saturated carbocycles. The standard InChI is InChI=1S/C21H25FN4O/c1-3-25(4-2)13-14-26-19-12-8-7-11-18(19)23-21(26)24-20(27)15-16-9-5-6-10-17(16)22/h5-12H,3-4,13-15H2,1-2H3,(H,23,24,27). The van der Waals surface area contributed by atoms with E-state index in [1.165, 1.54) is 6.07 Å². The van der Waals surface area contributed by atoms with E-state index in [0.29, 0.717) is 11.5 Å². The van der Waals surface area contributed by atoms with Crippen LogP contribution in [0.5, 0.6) is 0 Å². The number of fused-ring (bicyclic) bond motifs is 1. The Hall–Kier alpha value is -2.73. The summed E-state index contributed by atoms with van der Waals surface area (Å²) in [5, 5.41) is 2.86. The van der Waals surface area contributed by atoms with Crippen molar-refractivity contribution in [3.8, 4) is 0 Å². The summed E-state index contributed by atoms with van der Waals surface area (Å²) in [5.41, 5.74) is 2.19. The van der Waals surface area contributed by atoms with Crippen molar-refractivity contribution in [1.29, 1.82) is 0 Å². The van der Waals surface area contributed by atoms with Gasteiger partial charge >= 0.3 is 0 Å². The average Bonchev–Trinajstić information content (AvgIpc) is 3.01. The molecule has 1 amide bonds. The number of nitrogens with one attached hydrogen (secondary N) is 1. The van der Waals surface area contributed by atoms with Gasteiger partial charge in [0.1, 0.15) is 5.82 Å². The number of imidazole rings is 1. The molecule has 2 aromatic carbocycles. The van der Waals surface area contributed by atoms with Gasteiger partial charge in [-0.05, 0) is 36.9 Å². The van der Waals surface area contributed by atoms with Crippen LogP contribution in [0.3, 0.4) is 0 Å². The summed E-state index contributed by atoms with van der Waals surface area (Å²) < 4.78 is 15.8. The third-order valence-corrected chi connectivity index (χ3v) is 4.75. The first kappa shape index (κ1) is 19.0. The number of rotatable bonds is 8. The molecule has 6 heteroatoms. The van der Waals surface area contributed by atoms with Crippen molar-refractivity contribution in [3.05, 3.63) is 59.9 Å². The summed E-state index contributed by atoms with van der Waals surface area (Å²) in [4.78, 5) is 19.4. The third-order valence-electron chi connectivity index (χ3n) is 4.75. The lowest BCUT2D eigenvalue weighted by Crippen LogP contribution is -2.28. The van der Waals surface area contributed by atoms with Gasteiger partial charge in [0.2, 0.25) is 11.9 Å². The van der Waals surface area contributed by atoms with Crippen LogP contribution in [0.15, 0.2) is 48.5 Å². The Kier molecular flexibility index (Phi) is 6.19. The lowest BCUT2D eigenvalue weighted by Gasteiger charge is -2.19. The van der Waals surface area contributed by atoms with Crippen molar-refractivity contribution in [3.63, 3.8) is 0 Å². The molecule has 5 nitrogen and oxygen atoms in total. The number of hydrogen-bond donors (Lipinski definition) is 1. The van der Waals surface area contributed by atoms with Gasteiger partial charge in [0, 0.05) is 13.1 Å². The van der Waals surface area contributed by atoms with E-state index >= 15 is 0 Å². The Morgan fingerprint density at radius 2 is 1.81 bits per heavy atom. The Bertz CT molecular complexity index is 917. The van der Waals surface area contributed by atoms with E-state index in [9.17, 15) is 9.18 Å². The molecule has 3 aromatic rings. The van der Waals surface area contributed by atoms with Crippen LogP contribution in [0.25, 0.3) is 11.0 Å². The quantitative estimate of drug-likeness (QED) is 0.660. The monoisotopic (exact) mass is 368 g/mol. The van der Waals surface area contributed by atoms with Gasteiger partial charge in [-0.1, -0.05) is 44.2 Å². The average molecular weight is 368 g/mol. The second-order valence-corrected chi connectivity index (χ2v) is 6.42. The van der Waals surface area contributed by atoms with Gasteiger partial charge in [-0.2, -0.15) is 0 Å². The van der Waals surface area contributed by atoms with Crippen molar-refractivity contribution >= 4 is 22.9 Å². The lowest BCUT2D eigenvalue weighted by atomic mass is 10.1. The Morgan fingerprint density at radius 3 is 2.56 bits per heavy atom. The lowest BCUT2D eigenvalue weighted by molar-refractivity contribution is -0.115. The molecule has 0 atom stereocenters. The first-order valence-corrected chi connectivity index (χ1v) is 9.33. The first-order valence-electron chi connectivity index (χ1n) is 9.33. The number of hydrogen-bond acceptors (Lipinski definition) is 3. The first-order chi connectivity index (χ1) is 13.1. The smallest absolute Gasteiger partial charge is 0.231 e. The maximum absolute atomic E-state index is 13.8. The molecule has 1 heterocycles. The fourth-order valence-electron chi connectivity index (χ4n) is 3.16. The van der Waals surface area contributed by atoms with Crippen LogP contribution in [0.2, 0.25) is 0 Å². The molecule has 142 valence electrons. The summed E-state index contributed by atoms with van der Waals surface area (Å²) in [6.45, 7) is 7.79. The predicted octanol–water partition coefficient (Wildman–Crippen LogP) is 3.70. The molecule has 0 fully saturated rings. The second-order valence-electron chi connectivity index (χ2n) is 6.42. The molecule has 0 unspecified atom stereocenters. The molecular formula is C21H25FN4O. The van der Waals surface area contributed by atoms with Crippen molar-refractivity contribution in [2.45, 2.75) is 26.8 Å². The molecule has 0 saturated heterocycles. The minimum absolute atomic E-state index is 0.0219. The van der Waals surface area contributed by atoms with E-state index < -0.39 is 0 Å². The molecule has 0 bridgehead atoms. The van der Waals surface area contributed by atoms with E-state index in [1.54, 1.807) is 18.2 Å². The van der Waals surface area contributed by atoms with Crippen molar-refractivity contribution in [1.82, 2.24) is 14.5 Å². The molecule has 1 N–H and O–H groups in total. The zero-order valence-electron chi connectivity index (χ0n) is 15.8. The topological polar surface area (TPSA) is 50.2 Å². The van der Waals surface area contributed by atoms with Gasteiger partial charge in [0.25, 0.3) is 0 Å². The highest BCUT2D eigenvalue weighted by molar-refractivity contribution is 5.92. The number of amides is 1. The fraction of sp³-hybridized carbons (Fsp3) is 0.333. The molecule has 0 radical (unpaired) electrons. The number of halogens is 1. The number of anilines is 1. The van der Waals surface area contributed by atoms with Crippen LogP contribution in [0, 0.1) is 5.82 Å². The van der Waals surface area contributed by atoms with Crippen molar-refractivity contribution in [2.24, 2.45) is 0 Å². The van der Waals surface area contributed by atoms with E-state index in [2.05, 4.69) is 29.0 Å². The molecule has 0 aliphatic rings. The van der Waals surface area contributed by atoms with Crippen LogP contribution in [0.4, 0.5) is 10.3 Å². The second kappa shape index (κ2) is 8.77. The molecule has 1 aromatic heterocycles. The number of para-hydroxylation sites is 2. The Balaban J connectivity index is 1.81. The van der Waals surface area contributed by atoms with Crippen molar-refractivity contribution in [2.75, 3.05) is 25.0 Å². The van der Waals surface area contributed by atoms with Gasteiger partial charge in [0.15, 0.2) is 0 Å². The SMILES string of the molecule is CCN(CC)CCn1c(NC(=O)Cc2ccccc2F)nc2ccccc21. The van der Waals surface area contributed by atoms with E-state index in [4.69, 9.17) is 0 Å². The number of likely N-dealkylation sites (N-methyl/N-ethyl adjacent to an activating group) is 1. The van der Waals surface area contributed by atoms with Crippen LogP contribution in [-0.4, -0.2) is 40.0 Å². The number of carbonyl (C=O) groups excluding carboxylic acids is 1. The highest BCUT2D eigenvalue weighted by Crippen LogP contribution is 2.20. The van der Waals surface area contributed by atoms with Gasteiger partial charge in [-0.3, -0.25) is 10.1 Å². The Morgan fingerprint density at radius 1 is 1.11 bits per heavy atom. The zero-order valence-corrected chi connectivity index (χ0v) is 15.8. The molecule has 0 aliphatic carbocycles. The number of aromatic nitrogens is 2. The molecule has 0 aliphatic heterocycles. The molecule has 3 rings (SSSR count). The summed E-state index contributed by atoms with van der Waals surface area (Å²) in [7, 11) is 0. The van der Waals surface area contributed by atoms with Gasteiger partial charge in [-0.15, -0.1) is 0 Å². The van der Waals surface area contributed by atoms with Crippen LogP contribution in [0.1, 0.15) is 19.4 Å². The van der Waals surface area contributed by atoms with Gasteiger partial charge in [-0.25, -0.2) is 9.37 Å². The summed E-state index contributed by atoms with van der Waals surface area (Å²) in [6.07, 6.45) is -0.0219. The minimum Gasteiger partial charge on any atom is -0.309 e. The number of benzene rings is 2.